The zero-order valence-electron chi connectivity index (χ0n) is 74.1. The van der Waals surface area contributed by atoms with Gasteiger partial charge in [0.25, 0.3) is 11.9 Å². The molecule has 7 aromatic heterocycles. The predicted octanol–water partition coefficient (Wildman–Crippen LogP) is 10.7. The van der Waals surface area contributed by atoms with Gasteiger partial charge in [0, 0.05) is 79.7 Å². The van der Waals surface area contributed by atoms with E-state index < -0.39 is 6.04 Å². The second kappa shape index (κ2) is 47.5. The van der Waals surface area contributed by atoms with Crippen LogP contribution in [0.3, 0.4) is 0 Å². The number of hydrogen-bond donors (Lipinski definition) is 11. The van der Waals surface area contributed by atoms with Crippen LogP contribution in [0.1, 0.15) is 40.8 Å². The van der Waals surface area contributed by atoms with Crippen LogP contribution in [0, 0.1) is 0 Å². The van der Waals surface area contributed by atoms with Crippen molar-refractivity contribution >= 4 is 126 Å². The molecule has 0 fully saturated rings. The fraction of sp³-hybridized carbons (Fsp3) is 0.242. The summed E-state index contributed by atoms with van der Waals surface area (Å²) in [6.45, 7) is 9.16. The number of likely N-dealkylation sites (N-methyl/N-ethyl adjacent to an activating group) is 1. The standard InChI is InChI=1S/C20H25N5O.C20H24N4O2.C19H22N4O2.2C18H18N8O/c1-24(2)13-12-21-19(26)15-25-18-11-7-6-10-17(18)23-20(25)22-14-16-8-4-3-5-9-16;1-15(19(25)21-12-13-26-2)24-18-11-7-6-10-17(18)23-20(24)22-14-16-8-4-3-5-9-16;1-25-14-18(24)20-11-12-23-17-10-6-5-9-16(17)22-19(23)21-13-15-7-3-2-4-8-15;1-25-23-17(22-24-25)21-16(27)12-26-15-10-6-5-9-14(15)20-18(26)19-11-13-7-3-2-4-8-13;1-25-18(22-23-24-25)21-16(27)12-26-15-10-6-5-9-14(15)20-17(26)19-11-13-7-3-2-4-8-13/h3-11H,12-15H2,1-2H3,(H,21,26)(H,22,23);3-11,15H,12-14H2,1-2H3,(H,21,25)(H,22,23);2-10H,11-14H2,1H3,(H,20,24)(H,21,22);2-10H,11-12H2,1H3,(H,19,20)(H,21,23,27);2-10H,11-12H2,1H3,(H2,19,20,21,22,24,27)/p+1. The minimum absolute atomic E-state index is 0.0160. The van der Waals surface area contributed by atoms with Crippen molar-refractivity contribution in [1.29, 1.82) is 0 Å². The lowest BCUT2D eigenvalue weighted by Gasteiger charge is -2.18. The van der Waals surface area contributed by atoms with Crippen LogP contribution in [0.2, 0.25) is 0 Å². The summed E-state index contributed by atoms with van der Waals surface area (Å²) in [6.07, 6.45) is 0. The summed E-state index contributed by atoms with van der Waals surface area (Å²) in [4.78, 5) is 88.0. The Morgan fingerprint density at radius 3 is 1.15 bits per heavy atom. The summed E-state index contributed by atoms with van der Waals surface area (Å²) in [7, 11) is 10.5. The number of carbonyl (C=O) groups excluding carboxylic acids is 5. The van der Waals surface area contributed by atoms with Gasteiger partial charge in [0.2, 0.25) is 53.4 Å². The van der Waals surface area contributed by atoms with Crippen LogP contribution in [0.15, 0.2) is 273 Å². The SMILES string of the molecule is CN(C)CCNC(=O)Cn1c(NCc2ccccc2)nc2ccccc21.COCC(=O)NCCn1c(NCc2ccccc2)nc2ccccc21.COCCNC(=O)C(C)n1c(NCc2ccccc2)nc2ccccc21.C[n+]1[nH]nnc1NC(=O)Cn1c(NCc2ccccc2)nc2ccccc21.Cn1nnc(NC(=O)Cn2c(NCc3ccccc3)nc3ccccc32)n1. The topological polar surface area (TPSA) is 405 Å². The van der Waals surface area contributed by atoms with Crippen molar-refractivity contribution in [1.82, 2.24) is 104 Å². The molecule has 1 atom stereocenters. The van der Waals surface area contributed by atoms with Gasteiger partial charge in [0.05, 0.1) is 81.0 Å². The number of ether oxygens (including phenoxy) is 2. The number of hydrogen-bond acceptors (Lipinski definition) is 23. The van der Waals surface area contributed by atoms with Crippen LogP contribution in [-0.2, 0) is 106 Å². The maximum Gasteiger partial charge on any atom is 0.406 e. The molecule has 0 radical (unpaired) electrons. The third kappa shape index (κ3) is 26.8. The Labute approximate surface area is 756 Å². The van der Waals surface area contributed by atoms with Gasteiger partial charge in [-0.25, -0.2) is 30.2 Å². The van der Waals surface area contributed by atoms with Crippen LogP contribution in [0.5, 0.6) is 0 Å². The van der Waals surface area contributed by atoms with Gasteiger partial charge in [0.15, 0.2) is 0 Å². The van der Waals surface area contributed by atoms with Gasteiger partial charge in [-0.2, -0.15) is 9.48 Å². The zero-order valence-corrected chi connectivity index (χ0v) is 74.1. The Morgan fingerprint density at radius 1 is 0.405 bits per heavy atom. The highest BCUT2D eigenvalue weighted by atomic mass is 16.5. The van der Waals surface area contributed by atoms with Crippen LogP contribution in [0.25, 0.3) is 55.2 Å². The molecule has 674 valence electrons. The van der Waals surface area contributed by atoms with E-state index in [0.717, 1.165) is 84.4 Å². The number of aromatic amines is 1. The summed E-state index contributed by atoms with van der Waals surface area (Å²) in [5.41, 5.74) is 14.8. The number of nitrogens with one attached hydrogen (secondary N) is 11. The molecule has 7 heterocycles. The van der Waals surface area contributed by atoms with E-state index in [1.54, 1.807) is 21.2 Å². The zero-order chi connectivity index (χ0) is 91.5. The highest BCUT2D eigenvalue weighted by molar-refractivity contribution is 5.92. The number of anilines is 7. The molecule has 1 unspecified atom stereocenters. The first kappa shape index (κ1) is 92.6. The largest absolute Gasteiger partial charge is 0.406 e. The number of tetrazole rings is 2. The molecule has 0 aliphatic carbocycles. The van der Waals surface area contributed by atoms with Crippen LogP contribution in [-0.4, -0.2) is 186 Å². The molecule has 36 heteroatoms. The van der Waals surface area contributed by atoms with Crippen molar-refractivity contribution in [3.05, 3.63) is 301 Å². The van der Waals surface area contributed by atoms with Crippen LogP contribution >= 0.6 is 0 Å². The number of fused-ring (bicyclic) bond motifs is 5. The molecule has 36 nitrogen and oxygen atoms in total. The number of H-pyrrole nitrogens is 1. The Kier molecular flexibility index (Phi) is 33.6. The number of aromatic nitrogens is 18. The predicted molar refractivity (Wildman–Crippen MR) is 507 cm³/mol. The van der Waals surface area contributed by atoms with E-state index in [9.17, 15) is 24.0 Å². The van der Waals surface area contributed by atoms with Crippen molar-refractivity contribution in [2.75, 3.05) is 105 Å². The molecule has 0 bridgehead atoms. The maximum absolute atomic E-state index is 12.5. The normalized spacial score (nSPS) is 11.1. The summed E-state index contributed by atoms with van der Waals surface area (Å²) in [6, 6.07) is 89.2. The first-order valence-corrected chi connectivity index (χ1v) is 42.7. The number of imidazole rings is 5. The van der Waals surface area contributed by atoms with Crippen molar-refractivity contribution in [3.8, 4) is 0 Å². The number of rotatable bonds is 36. The maximum atomic E-state index is 12.5. The first-order chi connectivity index (χ1) is 64.0. The first-order valence-electron chi connectivity index (χ1n) is 42.7. The lowest BCUT2D eigenvalue weighted by Crippen LogP contribution is -2.36. The number of aryl methyl sites for hydroxylation is 2. The van der Waals surface area contributed by atoms with E-state index in [0.29, 0.717) is 95.3 Å². The molecule has 0 spiro atoms. The van der Waals surface area contributed by atoms with Crippen LogP contribution in [0.4, 0.5) is 41.6 Å². The molecule has 0 aliphatic heterocycles. The number of amides is 5. The Morgan fingerprint density at radius 2 is 0.763 bits per heavy atom. The summed E-state index contributed by atoms with van der Waals surface area (Å²) >= 11 is 0. The van der Waals surface area contributed by atoms with Crippen molar-refractivity contribution < 1.29 is 38.1 Å². The molecule has 0 aliphatic rings. The van der Waals surface area contributed by atoms with Crippen molar-refractivity contribution in [2.24, 2.45) is 14.1 Å². The molecule has 0 saturated carbocycles. The van der Waals surface area contributed by atoms with E-state index in [1.807, 2.05) is 281 Å². The minimum Gasteiger partial charge on any atom is -0.383 e. The highest BCUT2D eigenvalue weighted by Crippen LogP contribution is 2.28. The van der Waals surface area contributed by atoms with Gasteiger partial charge in [0.1, 0.15) is 37.5 Å². The van der Waals surface area contributed by atoms with Gasteiger partial charge >= 0.3 is 5.95 Å². The van der Waals surface area contributed by atoms with E-state index in [4.69, 9.17) is 9.47 Å². The van der Waals surface area contributed by atoms with Crippen molar-refractivity contribution in [2.45, 2.75) is 71.9 Å². The fourth-order valence-electron chi connectivity index (χ4n) is 14.0. The lowest BCUT2D eigenvalue weighted by molar-refractivity contribution is -0.717. The Hall–Kier alpha value is -16.1. The third-order valence-corrected chi connectivity index (χ3v) is 20.4. The van der Waals surface area contributed by atoms with E-state index >= 15 is 0 Å². The second-order valence-corrected chi connectivity index (χ2v) is 30.4. The van der Waals surface area contributed by atoms with Crippen LogP contribution < -0.4 is 57.8 Å². The highest BCUT2D eigenvalue weighted by Gasteiger charge is 2.24. The van der Waals surface area contributed by atoms with Crippen molar-refractivity contribution in [3.63, 3.8) is 0 Å². The fourth-order valence-corrected chi connectivity index (χ4v) is 14.0. The third-order valence-electron chi connectivity index (χ3n) is 20.4. The monoisotopic (exact) mass is 1770 g/mol. The number of para-hydroxylation sites is 10. The number of methoxy groups -OCH3 is 2. The molecule has 5 amide bonds. The quantitative estimate of drug-likeness (QED) is 0.0128. The Bertz CT molecular complexity index is 6500. The van der Waals surface area contributed by atoms with Gasteiger partial charge < -0.3 is 70.6 Å². The van der Waals surface area contributed by atoms with E-state index in [2.05, 4.69) is 150 Å². The lowest BCUT2D eigenvalue weighted by atomic mass is 10.2. The Balaban J connectivity index is 0.000000139. The van der Waals surface area contributed by atoms with Gasteiger partial charge in [-0.3, -0.25) is 38.4 Å². The second-order valence-electron chi connectivity index (χ2n) is 30.4. The van der Waals surface area contributed by atoms with Gasteiger partial charge in [-0.05, 0) is 115 Å². The molecule has 131 heavy (non-hydrogen) atoms. The average Bonchev–Trinajstić information content (AvgIpc) is 1.63. The smallest absolute Gasteiger partial charge is 0.383 e. The molecule has 0 saturated heterocycles. The molecular formula is C95H108N29O7+. The minimum atomic E-state index is -0.391. The van der Waals surface area contributed by atoms with E-state index in [1.165, 1.54) is 27.7 Å². The summed E-state index contributed by atoms with van der Waals surface area (Å²) < 4.78 is 21.0. The summed E-state index contributed by atoms with van der Waals surface area (Å²) in [5.74, 6) is 3.31. The molecule has 10 aromatic carbocycles. The number of benzene rings is 10. The molecular weight excluding hydrogens is 1660 g/mol. The van der Waals surface area contributed by atoms with Gasteiger partial charge in [-0.15, -0.1) is 10.3 Å². The van der Waals surface area contributed by atoms with Gasteiger partial charge in [-0.1, -0.05) is 217 Å². The number of carbonyl (C=O) groups is 5. The summed E-state index contributed by atoms with van der Waals surface area (Å²) in [5, 5.41) is 52.4. The molecule has 17 rings (SSSR count). The molecule has 11 N–H and O–H groups in total. The average molecular weight is 1770 g/mol. The molecule has 17 aromatic rings. The number of nitrogens with zero attached hydrogens (tertiary/aromatic N) is 18. The van der Waals surface area contributed by atoms with E-state index in [-0.39, 0.29) is 61.7 Å².